The molecule has 0 bridgehead atoms. The van der Waals surface area contributed by atoms with E-state index in [-0.39, 0.29) is 17.9 Å². The van der Waals surface area contributed by atoms with Gasteiger partial charge in [-0.25, -0.2) is 13.2 Å². The predicted octanol–water partition coefficient (Wildman–Crippen LogP) is 5.35. The number of nitrogens with two attached hydrogens (primary N) is 1. The number of halogens is 3. The molecule has 0 aliphatic carbocycles. The second-order valence-electron chi connectivity index (χ2n) is 5.37. The summed E-state index contributed by atoms with van der Waals surface area (Å²) in [6.45, 7) is 12.9. The summed E-state index contributed by atoms with van der Waals surface area (Å²) in [5, 5.41) is 10.4. The number of aliphatic hydroxyl groups excluding tert-OH is 1. The van der Waals surface area contributed by atoms with Crippen molar-refractivity contribution < 1.29 is 23.1 Å². The molecular weight excluding hydrogens is 369 g/mol. The van der Waals surface area contributed by atoms with Crippen molar-refractivity contribution in [2.45, 2.75) is 47.5 Å². The van der Waals surface area contributed by atoms with Crippen molar-refractivity contribution in [3.8, 4) is 0 Å². The zero-order valence-electron chi connectivity index (χ0n) is 17.6. The standard InChI is InChI=1S/C14H18F2N2O.C3H8O.C2H3F.C2H6/c1-3-14(2,7-4-8-17)13(19)18-10-5-6-11(15)12(16)9-10;1-2-3-4;1-2-3;1-2/h4-7,9H,3,8,17H2,1-2H3,(H,18,19);4H,2-3H2,1H3;2H,1H2;1-2H3/b7-4+;;;/t14-;;;/m0.../s1. The molecule has 0 aromatic heterocycles. The summed E-state index contributed by atoms with van der Waals surface area (Å²) in [5.41, 5.74) is 4.86. The number of amides is 1. The van der Waals surface area contributed by atoms with E-state index in [9.17, 15) is 18.0 Å². The van der Waals surface area contributed by atoms with Crippen molar-refractivity contribution in [2.24, 2.45) is 11.1 Å². The van der Waals surface area contributed by atoms with Gasteiger partial charge in [0.25, 0.3) is 0 Å². The zero-order valence-corrected chi connectivity index (χ0v) is 17.6. The van der Waals surface area contributed by atoms with E-state index >= 15 is 0 Å². The molecule has 1 atom stereocenters. The maximum absolute atomic E-state index is 13.1. The molecule has 1 amide bonds. The average Bonchev–Trinajstić information content (AvgIpc) is 2.71. The summed E-state index contributed by atoms with van der Waals surface area (Å²) in [6, 6.07) is 3.25. The van der Waals surface area contributed by atoms with Gasteiger partial charge in [-0.05, 0) is 31.9 Å². The van der Waals surface area contributed by atoms with Crippen LogP contribution < -0.4 is 11.1 Å². The first-order chi connectivity index (χ1) is 13.3. The molecule has 0 fully saturated rings. The SMILES string of the molecule is C=CF.CC.CCCO.CC[C@@](C)(/C=C/CN)C(=O)Nc1ccc(F)c(F)c1. The molecule has 1 aromatic rings. The van der Waals surface area contributed by atoms with Crippen molar-refractivity contribution in [3.05, 3.63) is 54.9 Å². The number of benzene rings is 1. The summed E-state index contributed by atoms with van der Waals surface area (Å²) in [5.74, 6) is -2.22. The van der Waals surface area contributed by atoms with Gasteiger partial charge in [-0.2, -0.15) is 0 Å². The molecule has 0 unspecified atom stereocenters. The summed E-state index contributed by atoms with van der Waals surface area (Å²) >= 11 is 0. The second kappa shape index (κ2) is 19.6. The van der Waals surface area contributed by atoms with Gasteiger partial charge in [-0.3, -0.25) is 4.79 Å². The van der Waals surface area contributed by atoms with Crippen LogP contribution in [0.1, 0.15) is 47.5 Å². The number of nitrogens with one attached hydrogen (secondary N) is 1. The normalized spacial score (nSPS) is 11.5. The van der Waals surface area contributed by atoms with Crippen LogP contribution in [0.25, 0.3) is 0 Å². The fourth-order valence-corrected chi connectivity index (χ4v) is 1.53. The lowest BCUT2D eigenvalue weighted by Gasteiger charge is -2.23. The van der Waals surface area contributed by atoms with Gasteiger partial charge in [0.1, 0.15) is 0 Å². The van der Waals surface area contributed by atoms with Crippen LogP contribution in [0, 0.1) is 17.0 Å². The lowest BCUT2D eigenvalue weighted by molar-refractivity contribution is -0.122. The van der Waals surface area contributed by atoms with E-state index in [1.807, 2.05) is 27.7 Å². The van der Waals surface area contributed by atoms with E-state index < -0.39 is 17.0 Å². The van der Waals surface area contributed by atoms with E-state index in [1.165, 1.54) is 6.07 Å². The maximum atomic E-state index is 13.1. The van der Waals surface area contributed by atoms with Crippen molar-refractivity contribution in [2.75, 3.05) is 18.5 Å². The number of hydrogen-bond donors (Lipinski definition) is 3. The molecule has 162 valence electrons. The molecule has 0 aliphatic rings. The Kier molecular flexibility index (Phi) is 21.5. The third-order valence-electron chi connectivity index (χ3n) is 3.28. The number of aliphatic hydroxyl groups is 1. The Labute approximate surface area is 167 Å². The molecule has 0 heterocycles. The first-order valence-electron chi connectivity index (χ1n) is 9.22. The highest BCUT2D eigenvalue weighted by Gasteiger charge is 2.28. The molecule has 7 heteroatoms. The van der Waals surface area contributed by atoms with Crippen molar-refractivity contribution in [3.63, 3.8) is 0 Å². The molecule has 1 aromatic carbocycles. The van der Waals surface area contributed by atoms with E-state index in [1.54, 1.807) is 19.1 Å². The minimum absolute atomic E-state index is 0.227. The highest BCUT2D eigenvalue weighted by molar-refractivity contribution is 5.96. The van der Waals surface area contributed by atoms with Gasteiger partial charge in [0.15, 0.2) is 11.6 Å². The van der Waals surface area contributed by atoms with Gasteiger partial charge in [0, 0.05) is 24.9 Å². The minimum atomic E-state index is -0.992. The molecule has 0 radical (unpaired) electrons. The summed E-state index contributed by atoms with van der Waals surface area (Å²) in [4.78, 5) is 12.1. The smallest absolute Gasteiger partial charge is 0.234 e. The van der Waals surface area contributed by atoms with Crippen LogP contribution in [0.15, 0.2) is 43.3 Å². The molecule has 0 saturated heterocycles. The van der Waals surface area contributed by atoms with E-state index in [4.69, 9.17) is 10.8 Å². The quantitative estimate of drug-likeness (QED) is 0.560. The monoisotopic (exact) mass is 404 g/mol. The molecule has 0 spiro atoms. The third-order valence-corrected chi connectivity index (χ3v) is 3.28. The molecular formula is C21H35F3N2O2. The summed E-state index contributed by atoms with van der Waals surface area (Å²) in [7, 11) is 0. The maximum Gasteiger partial charge on any atom is 0.234 e. The largest absolute Gasteiger partial charge is 0.396 e. The lowest BCUT2D eigenvalue weighted by Crippen LogP contribution is -2.31. The van der Waals surface area contributed by atoms with Crippen LogP contribution in [0.3, 0.4) is 0 Å². The number of carbonyl (C=O) groups excluding carboxylic acids is 1. The fourth-order valence-electron chi connectivity index (χ4n) is 1.53. The van der Waals surface area contributed by atoms with Crippen LogP contribution in [0.5, 0.6) is 0 Å². The second-order valence-corrected chi connectivity index (χ2v) is 5.37. The molecule has 1 rings (SSSR count). The average molecular weight is 405 g/mol. The fraction of sp³-hybridized carbons (Fsp3) is 0.476. The molecule has 0 aliphatic heterocycles. The Bertz CT molecular complexity index is 565. The predicted molar refractivity (Wildman–Crippen MR) is 112 cm³/mol. The Morgan fingerprint density at radius 2 is 1.79 bits per heavy atom. The van der Waals surface area contributed by atoms with Gasteiger partial charge < -0.3 is 16.2 Å². The van der Waals surface area contributed by atoms with Gasteiger partial charge in [0.2, 0.25) is 5.91 Å². The summed E-state index contributed by atoms with van der Waals surface area (Å²) in [6.07, 6.45) is 5.12. The van der Waals surface area contributed by atoms with E-state index in [0.29, 0.717) is 19.6 Å². The Morgan fingerprint density at radius 1 is 1.29 bits per heavy atom. The van der Waals surface area contributed by atoms with Gasteiger partial charge in [0.05, 0.1) is 11.7 Å². The minimum Gasteiger partial charge on any atom is -0.396 e. The van der Waals surface area contributed by atoms with Gasteiger partial charge in [-0.1, -0.05) is 46.4 Å². The van der Waals surface area contributed by atoms with Crippen molar-refractivity contribution in [1.29, 1.82) is 0 Å². The first kappa shape index (κ1) is 30.6. The first-order valence-corrected chi connectivity index (χ1v) is 9.22. The van der Waals surface area contributed by atoms with Crippen molar-refractivity contribution in [1.82, 2.24) is 0 Å². The van der Waals surface area contributed by atoms with Gasteiger partial charge in [-0.15, -0.1) is 0 Å². The van der Waals surface area contributed by atoms with Crippen LogP contribution in [-0.4, -0.2) is 24.2 Å². The van der Waals surface area contributed by atoms with E-state index in [0.717, 1.165) is 18.6 Å². The number of carbonyl (C=O) groups is 1. The number of rotatable bonds is 6. The highest BCUT2D eigenvalue weighted by Crippen LogP contribution is 2.25. The number of hydrogen-bond acceptors (Lipinski definition) is 3. The lowest BCUT2D eigenvalue weighted by atomic mass is 9.86. The Balaban J connectivity index is -0.000000589. The van der Waals surface area contributed by atoms with E-state index in [2.05, 4.69) is 11.9 Å². The van der Waals surface area contributed by atoms with Gasteiger partial charge >= 0.3 is 0 Å². The molecule has 0 saturated carbocycles. The summed E-state index contributed by atoms with van der Waals surface area (Å²) < 4.78 is 35.9. The number of anilines is 1. The molecule has 4 nitrogen and oxygen atoms in total. The van der Waals surface area contributed by atoms with Crippen LogP contribution in [-0.2, 0) is 4.79 Å². The van der Waals surface area contributed by atoms with Crippen LogP contribution in [0.2, 0.25) is 0 Å². The molecule has 4 N–H and O–H groups in total. The Hall–Kier alpha value is -2.12. The Morgan fingerprint density at radius 3 is 2.14 bits per heavy atom. The topological polar surface area (TPSA) is 75.3 Å². The van der Waals surface area contributed by atoms with Crippen LogP contribution in [0.4, 0.5) is 18.9 Å². The molecule has 28 heavy (non-hydrogen) atoms. The highest BCUT2D eigenvalue weighted by atomic mass is 19.2. The third kappa shape index (κ3) is 14.0. The zero-order chi connectivity index (χ0) is 22.6. The van der Waals surface area contributed by atoms with Crippen LogP contribution >= 0.6 is 0 Å². The van der Waals surface area contributed by atoms with Crippen molar-refractivity contribution >= 4 is 11.6 Å².